The van der Waals surface area contributed by atoms with Crippen molar-refractivity contribution in [3.05, 3.63) is 0 Å². The molecule has 0 saturated heterocycles. The lowest BCUT2D eigenvalue weighted by atomic mass is 9.91. The molecule has 2 atom stereocenters. The molecule has 0 aromatic rings. The molecule has 0 aromatic carbocycles. The number of hydrogen-bond donors (Lipinski definition) is 2. The second kappa shape index (κ2) is 3.11. The van der Waals surface area contributed by atoms with Gasteiger partial charge in [-0.05, 0) is 31.8 Å². The topological polar surface area (TPSA) is 32.3 Å². The average Bonchev–Trinajstić information content (AvgIpc) is 2.65. The van der Waals surface area contributed by atoms with Gasteiger partial charge in [-0.25, -0.2) is 0 Å². The molecule has 2 unspecified atom stereocenters. The summed E-state index contributed by atoms with van der Waals surface area (Å²) >= 11 is 0. The van der Waals surface area contributed by atoms with E-state index in [0.29, 0.717) is 18.4 Å². The zero-order valence-corrected chi connectivity index (χ0v) is 7.72. The number of aliphatic hydroxyl groups is 1. The first-order valence-electron chi connectivity index (χ1n) is 4.43. The lowest BCUT2D eigenvalue weighted by Crippen LogP contribution is -2.22. The zero-order valence-electron chi connectivity index (χ0n) is 7.72. The van der Waals surface area contributed by atoms with Gasteiger partial charge < -0.3 is 10.4 Å². The summed E-state index contributed by atoms with van der Waals surface area (Å²) in [5, 5.41) is 12.4. The van der Waals surface area contributed by atoms with Crippen molar-refractivity contribution in [3.8, 4) is 0 Å². The standard InChI is InChI=1S/C9H19NO/c1-7(2)9(6-11)4-8(9)5-10-3/h7-8,10-11H,4-6H2,1-3H3. The Morgan fingerprint density at radius 3 is 2.55 bits per heavy atom. The molecular weight excluding hydrogens is 138 g/mol. The van der Waals surface area contributed by atoms with Gasteiger partial charge in [0, 0.05) is 12.0 Å². The van der Waals surface area contributed by atoms with E-state index >= 15 is 0 Å². The van der Waals surface area contributed by atoms with Gasteiger partial charge in [0.05, 0.1) is 0 Å². The molecule has 0 aromatic heterocycles. The molecule has 1 rings (SSSR count). The van der Waals surface area contributed by atoms with Gasteiger partial charge in [-0.2, -0.15) is 0 Å². The van der Waals surface area contributed by atoms with Crippen molar-refractivity contribution >= 4 is 0 Å². The fourth-order valence-electron chi connectivity index (χ4n) is 2.00. The van der Waals surface area contributed by atoms with E-state index in [4.69, 9.17) is 0 Å². The van der Waals surface area contributed by atoms with Crippen LogP contribution in [0.3, 0.4) is 0 Å². The molecule has 1 fully saturated rings. The number of aliphatic hydroxyl groups excluding tert-OH is 1. The molecule has 0 bridgehead atoms. The minimum Gasteiger partial charge on any atom is -0.396 e. The van der Waals surface area contributed by atoms with Crippen LogP contribution in [-0.2, 0) is 0 Å². The van der Waals surface area contributed by atoms with Crippen LogP contribution < -0.4 is 5.32 Å². The van der Waals surface area contributed by atoms with Crippen molar-refractivity contribution in [1.29, 1.82) is 0 Å². The van der Waals surface area contributed by atoms with Crippen LogP contribution in [0.15, 0.2) is 0 Å². The van der Waals surface area contributed by atoms with Crippen LogP contribution in [0.1, 0.15) is 20.3 Å². The minimum absolute atomic E-state index is 0.253. The first-order chi connectivity index (χ1) is 5.17. The quantitative estimate of drug-likeness (QED) is 0.634. The van der Waals surface area contributed by atoms with Crippen LogP contribution in [0.4, 0.5) is 0 Å². The summed E-state index contributed by atoms with van der Waals surface area (Å²) in [4.78, 5) is 0. The Balaban J connectivity index is 2.43. The fraction of sp³-hybridized carbons (Fsp3) is 1.00. The van der Waals surface area contributed by atoms with Crippen LogP contribution in [0.2, 0.25) is 0 Å². The third-order valence-electron chi connectivity index (χ3n) is 3.17. The highest BCUT2D eigenvalue weighted by Crippen LogP contribution is 2.56. The van der Waals surface area contributed by atoms with Crippen LogP contribution in [0.5, 0.6) is 0 Å². The van der Waals surface area contributed by atoms with Crippen molar-refractivity contribution in [1.82, 2.24) is 5.32 Å². The summed E-state index contributed by atoms with van der Waals surface area (Å²) in [6, 6.07) is 0. The Morgan fingerprint density at radius 1 is 1.64 bits per heavy atom. The van der Waals surface area contributed by atoms with E-state index in [1.54, 1.807) is 0 Å². The molecule has 1 aliphatic carbocycles. The highest BCUT2D eigenvalue weighted by molar-refractivity contribution is 5.04. The molecule has 2 nitrogen and oxygen atoms in total. The molecule has 0 spiro atoms. The molecule has 2 heteroatoms. The van der Waals surface area contributed by atoms with Gasteiger partial charge in [0.15, 0.2) is 0 Å². The summed E-state index contributed by atoms with van der Waals surface area (Å²) in [7, 11) is 1.97. The molecule has 0 heterocycles. The molecule has 2 N–H and O–H groups in total. The SMILES string of the molecule is CNCC1CC1(CO)C(C)C. The third kappa shape index (κ3) is 1.42. The maximum atomic E-state index is 9.20. The monoisotopic (exact) mass is 157 g/mol. The van der Waals surface area contributed by atoms with Gasteiger partial charge in [-0.3, -0.25) is 0 Å². The van der Waals surface area contributed by atoms with Gasteiger partial charge in [0.25, 0.3) is 0 Å². The first-order valence-corrected chi connectivity index (χ1v) is 4.43. The maximum absolute atomic E-state index is 9.20. The molecular formula is C9H19NO. The van der Waals surface area contributed by atoms with Gasteiger partial charge in [0.1, 0.15) is 0 Å². The van der Waals surface area contributed by atoms with Crippen molar-refractivity contribution in [2.45, 2.75) is 20.3 Å². The van der Waals surface area contributed by atoms with E-state index in [0.717, 1.165) is 6.54 Å². The Morgan fingerprint density at radius 2 is 2.27 bits per heavy atom. The summed E-state index contributed by atoms with van der Waals surface area (Å²) in [5.74, 6) is 1.32. The Hall–Kier alpha value is -0.0800. The second-order valence-electron chi connectivity index (χ2n) is 4.00. The molecule has 0 amide bonds. The van der Waals surface area contributed by atoms with E-state index < -0.39 is 0 Å². The summed E-state index contributed by atoms with van der Waals surface area (Å²) in [6.07, 6.45) is 1.20. The van der Waals surface area contributed by atoms with E-state index in [9.17, 15) is 5.11 Å². The molecule has 0 aliphatic heterocycles. The molecule has 11 heavy (non-hydrogen) atoms. The summed E-state index contributed by atoms with van der Waals surface area (Å²) in [6.45, 7) is 5.81. The summed E-state index contributed by atoms with van der Waals surface area (Å²) in [5.41, 5.74) is 0.253. The number of hydrogen-bond acceptors (Lipinski definition) is 2. The Bertz CT molecular complexity index is 136. The van der Waals surface area contributed by atoms with Crippen molar-refractivity contribution in [2.24, 2.45) is 17.3 Å². The number of nitrogens with one attached hydrogen (secondary N) is 1. The van der Waals surface area contributed by atoms with Crippen LogP contribution in [0, 0.1) is 17.3 Å². The molecule has 1 aliphatic rings. The van der Waals surface area contributed by atoms with Crippen LogP contribution >= 0.6 is 0 Å². The smallest absolute Gasteiger partial charge is 0.0493 e. The van der Waals surface area contributed by atoms with Gasteiger partial charge in [0.2, 0.25) is 0 Å². The lowest BCUT2D eigenvalue weighted by Gasteiger charge is -2.18. The highest BCUT2D eigenvalue weighted by Gasteiger charge is 2.54. The largest absolute Gasteiger partial charge is 0.396 e. The first kappa shape index (κ1) is 9.01. The van der Waals surface area contributed by atoms with Gasteiger partial charge >= 0.3 is 0 Å². The second-order valence-corrected chi connectivity index (χ2v) is 4.00. The van der Waals surface area contributed by atoms with Gasteiger partial charge in [-0.1, -0.05) is 13.8 Å². The fourth-order valence-corrected chi connectivity index (χ4v) is 2.00. The predicted molar refractivity (Wildman–Crippen MR) is 46.4 cm³/mol. The zero-order chi connectivity index (χ0) is 8.48. The van der Waals surface area contributed by atoms with E-state index in [-0.39, 0.29) is 5.41 Å². The maximum Gasteiger partial charge on any atom is 0.0493 e. The van der Waals surface area contributed by atoms with E-state index in [1.807, 2.05) is 7.05 Å². The Kier molecular flexibility index (Phi) is 2.55. The molecule has 66 valence electrons. The molecule has 1 saturated carbocycles. The predicted octanol–water partition coefficient (Wildman–Crippen LogP) is 0.860. The van der Waals surface area contributed by atoms with E-state index in [1.165, 1.54) is 6.42 Å². The molecule has 0 radical (unpaired) electrons. The average molecular weight is 157 g/mol. The third-order valence-corrected chi connectivity index (χ3v) is 3.17. The summed E-state index contributed by atoms with van der Waals surface area (Å²) < 4.78 is 0. The highest BCUT2D eigenvalue weighted by atomic mass is 16.3. The van der Waals surface area contributed by atoms with Gasteiger partial charge in [-0.15, -0.1) is 0 Å². The van der Waals surface area contributed by atoms with Crippen LogP contribution in [-0.4, -0.2) is 25.3 Å². The lowest BCUT2D eigenvalue weighted by molar-refractivity contribution is 0.156. The van der Waals surface area contributed by atoms with Crippen molar-refractivity contribution in [2.75, 3.05) is 20.2 Å². The normalized spacial score (nSPS) is 36.3. The van der Waals surface area contributed by atoms with Crippen molar-refractivity contribution < 1.29 is 5.11 Å². The van der Waals surface area contributed by atoms with Crippen molar-refractivity contribution in [3.63, 3.8) is 0 Å². The Labute approximate surface area is 69.0 Å². The van der Waals surface area contributed by atoms with Crippen LogP contribution in [0.25, 0.3) is 0 Å². The minimum atomic E-state index is 0.253. The number of rotatable bonds is 4. The van der Waals surface area contributed by atoms with E-state index in [2.05, 4.69) is 19.2 Å².